The van der Waals surface area contributed by atoms with E-state index < -0.39 is 5.97 Å². The van der Waals surface area contributed by atoms with E-state index in [2.05, 4.69) is 15.3 Å². The van der Waals surface area contributed by atoms with Crippen molar-refractivity contribution in [2.24, 2.45) is 5.92 Å². The van der Waals surface area contributed by atoms with Crippen LogP contribution in [0.2, 0.25) is 0 Å². The van der Waals surface area contributed by atoms with Gasteiger partial charge in [-0.1, -0.05) is 6.92 Å². The summed E-state index contributed by atoms with van der Waals surface area (Å²) in [6.45, 7) is 4.72. The maximum atomic E-state index is 11.2. The van der Waals surface area contributed by atoms with Gasteiger partial charge in [0.2, 0.25) is 0 Å². The highest BCUT2D eigenvalue weighted by Crippen LogP contribution is 2.33. The zero-order valence-corrected chi connectivity index (χ0v) is 12.9. The standard InChI is InChI=1S/C14H19N3O3S/c1-8(6-18)4-3-5-15-12-10-9(2)11(14(19)20)21-13(10)17-7-16-12/h7-8,18H,3-6H2,1-2H3,(H,19,20)(H,15,16,17). The fourth-order valence-corrected chi connectivity index (χ4v) is 3.15. The third kappa shape index (κ3) is 3.48. The van der Waals surface area contributed by atoms with Crippen LogP contribution >= 0.6 is 11.3 Å². The number of rotatable bonds is 7. The van der Waals surface area contributed by atoms with E-state index >= 15 is 0 Å². The number of carbonyl (C=O) groups is 1. The molecule has 0 aromatic carbocycles. The Bertz CT molecular complexity index is 642. The fraction of sp³-hybridized carbons (Fsp3) is 0.500. The summed E-state index contributed by atoms with van der Waals surface area (Å²) in [5.74, 6) is 0.0369. The lowest BCUT2D eigenvalue weighted by molar-refractivity contribution is 0.0701. The molecule has 0 radical (unpaired) electrons. The molecule has 2 heterocycles. The second kappa shape index (κ2) is 6.82. The van der Waals surface area contributed by atoms with Gasteiger partial charge >= 0.3 is 5.97 Å². The first-order chi connectivity index (χ1) is 10.0. The van der Waals surface area contributed by atoms with Crippen LogP contribution in [0.5, 0.6) is 0 Å². The van der Waals surface area contributed by atoms with Crippen LogP contribution < -0.4 is 5.32 Å². The first-order valence-electron chi connectivity index (χ1n) is 6.86. The molecule has 0 spiro atoms. The van der Waals surface area contributed by atoms with Crippen molar-refractivity contribution in [2.75, 3.05) is 18.5 Å². The number of hydrogen-bond acceptors (Lipinski definition) is 6. The smallest absolute Gasteiger partial charge is 0.346 e. The molecule has 0 aliphatic rings. The van der Waals surface area contributed by atoms with Gasteiger partial charge < -0.3 is 15.5 Å². The van der Waals surface area contributed by atoms with Crippen LogP contribution in [0, 0.1) is 12.8 Å². The van der Waals surface area contributed by atoms with Gasteiger partial charge in [0, 0.05) is 13.2 Å². The summed E-state index contributed by atoms with van der Waals surface area (Å²) >= 11 is 1.17. The van der Waals surface area contributed by atoms with E-state index in [4.69, 9.17) is 5.11 Å². The first kappa shape index (κ1) is 15.7. The predicted molar refractivity (Wildman–Crippen MR) is 83.1 cm³/mol. The van der Waals surface area contributed by atoms with Crippen molar-refractivity contribution in [1.82, 2.24) is 9.97 Å². The molecule has 0 amide bonds. The van der Waals surface area contributed by atoms with E-state index in [9.17, 15) is 9.90 Å². The van der Waals surface area contributed by atoms with Gasteiger partial charge in [0.1, 0.15) is 21.9 Å². The van der Waals surface area contributed by atoms with Crippen molar-refractivity contribution < 1.29 is 15.0 Å². The van der Waals surface area contributed by atoms with Gasteiger partial charge in [-0.25, -0.2) is 14.8 Å². The quantitative estimate of drug-likeness (QED) is 0.680. The lowest BCUT2D eigenvalue weighted by Gasteiger charge is -2.09. The Morgan fingerprint density at radius 1 is 1.48 bits per heavy atom. The summed E-state index contributed by atoms with van der Waals surface area (Å²) in [5.41, 5.74) is 0.703. The summed E-state index contributed by atoms with van der Waals surface area (Å²) in [7, 11) is 0. The third-order valence-electron chi connectivity index (χ3n) is 3.40. The molecule has 2 rings (SSSR count). The number of nitrogens with zero attached hydrogens (tertiary/aromatic N) is 2. The lowest BCUT2D eigenvalue weighted by Crippen LogP contribution is -2.08. The van der Waals surface area contributed by atoms with E-state index in [-0.39, 0.29) is 6.61 Å². The average molecular weight is 309 g/mol. The highest BCUT2D eigenvalue weighted by molar-refractivity contribution is 7.20. The van der Waals surface area contributed by atoms with E-state index in [1.54, 1.807) is 6.92 Å². The Labute approximate surface area is 126 Å². The molecular weight excluding hydrogens is 290 g/mol. The fourth-order valence-electron chi connectivity index (χ4n) is 2.16. The minimum Gasteiger partial charge on any atom is -0.477 e. The monoisotopic (exact) mass is 309 g/mol. The predicted octanol–water partition coefficient (Wildman–Crippen LogP) is 2.52. The number of aromatic nitrogens is 2. The molecule has 0 aliphatic carbocycles. The van der Waals surface area contributed by atoms with Gasteiger partial charge in [0.15, 0.2) is 0 Å². The number of aryl methyl sites for hydroxylation is 1. The molecule has 2 aromatic rings. The van der Waals surface area contributed by atoms with Crippen molar-refractivity contribution in [3.63, 3.8) is 0 Å². The van der Waals surface area contributed by atoms with Gasteiger partial charge in [0.05, 0.1) is 5.39 Å². The normalized spacial score (nSPS) is 12.5. The van der Waals surface area contributed by atoms with Gasteiger partial charge in [-0.15, -0.1) is 11.3 Å². The molecule has 0 fully saturated rings. The molecule has 6 nitrogen and oxygen atoms in total. The first-order valence-corrected chi connectivity index (χ1v) is 7.68. The number of aliphatic hydroxyl groups excluding tert-OH is 1. The SMILES string of the molecule is Cc1c(C(=O)O)sc2ncnc(NCCCC(C)CO)c12. The molecule has 0 saturated heterocycles. The van der Waals surface area contributed by atoms with Crippen molar-refractivity contribution in [1.29, 1.82) is 0 Å². The van der Waals surface area contributed by atoms with E-state index in [0.717, 1.165) is 24.8 Å². The largest absolute Gasteiger partial charge is 0.477 e. The molecule has 0 saturated carbocycles. The van der Waals surface area contributed by atoms with Crippen LogP contribution in [0.4, 0.5) is 5.82 Å². The maximum absolute atomic E-state index is 11.2. The van der Waals surface area contributed by atoms with Crippen LogP contribution in [0.25, 0.3) is 10.2 Å². The lowest BCUT2D eigenvalue weighted by atomic mass is 10.1. The number of aromatic carboxylic acids is 1. The van der Waals surface area contributed by atoms with Crippen LogP contribution in [0.1, 0.15) is 35.0 Å². The highest BCUT2D eigenvalue weighted by atomic mass is 32.1. The number of anilines is 1. The van der Waals surface area contributed by atoms with Gasteiger partial charge in [-0.2, -0.15) is 0 Å². The van der Waals surface area contributed by atoms with Gasteiger partial charge in [0.25, 0.3) is 0 Å². The Morgan fingerprint density at radius 2 is 2.24 bits per heavy atom. The number of carboxylic acids is 1. The molecule has 2 aromatic heterocycles. The molecule has 7 heteroatoms. The van der Waals surface area contributed by atoms with Crippen LogP contribution in [0.15, 0.2) is 6.33 Å². The van der Waals surface area contributed by atoms with E-state index in [1.165, 1.54) is 17.7 Å². The average Bonchev–Trinajstić information content (AvgIpc) is 2.81. The summed E-state index contributed by atoms with van der Waals surface area (Å²) in [5, 5.41) is 22.2. The molecule has 21 heavy (non-hydrogen) atoms. The zero-order chi connectivity index (χ0) is 15.4. The zero-order valence-electron chi connectivity index (χ0n) is 12.1. The molecular formula is C14H19N3O3S. The molecule has 0 aliphatic heterocycles. The number of hydrogen-bond donors (Lipinski definition) is 3. The summed E-state index contributed by atoms with van der Waals surface area (Å²) in [6.07, 6.45) is 3.30. The van der Waals surface area contributed by atoms with Crippen molar-refractivity contribution in [3.05, 3.63) is 16.8 Å². The number of carboxylic acid groups (broad SMARTS) is 1. The number of fused-ring (bicyclic) bond motifs is 1. The van der Waals surface area contributed by atoms with E-state index in [0.29, 0.717) is 27.0 Å². The summed E-state index contributed by atoms with van der Waals surface area (Å²) in [4.78, 5) is 20.5. The molecule has 3 N–H and O–H groups in total. The molecule has 114 valence electrons. The molecule has 0 bridgehead atoms. The summed E-state index contributed by atoms with van der Waals surface area (Å²) < 4.78 is 0. The van der Waals surface area contributed by atoms with Crippen molar-refractivity contribution >= 4 is 33.3 Å². The maximum Gasteiger partial charge on any atom is 0.346 e. The number of thiophene rings is 1. The van der Waals surface area contributed by atoms with Crippen molar-refractivity contribution in [3.8, 4) is 0 Å². The van der Waals surface area contributed by atoms with Crippen molar-refractivity contribution in [2.45, 2.75) is 26.7 Å². The van der Waals surface area contributed by atoms with Gasteiger partial charge in [-0.05, 0) is 31.2 Å². The number of nitrogens with one attached hydrogen (secondary N) is 1. The number of aliphatic hydroxyl groups is 1. The Hall–Kier alpha value is -1.73. The topological polar surface area (TPSA) is 95.3 Å². The Morgan fingerprint density at radius 3 is 2.90 bits per heavy atom. The Kier molecular flexibility index (Phi) is 5.08. The van der Waals surface area contributed by atoms with Crippen LogP contribution in [-0.2, 0) is 0 Å². The Balaban J connectivity index is 2.15. The second-order valence-electron chi connectivity index (χ2n) is 5.12. The third-order valence-corrected chi connectivity index (χ3v) is 4.59. The minimum atomic E-state index is -0.932. The highest BCUT2D eigenvalue weighted by Gasteiger charge is 2.18. The second-order valence-corrected chi connectivity index (χ2v) is 6.12. The molecule has 1 unspecified atom stereocenters. The van der Waals surface area contributed by atoms with Crippen LogP contribution in [-0.4, -0.2) is 39.3 Å². The van der Waals surface area contributed by atoms with Crippen LogP contribution in [0.3, 0.4) is 0 Å². The minimum absolute atomic E-state index is 0.198. The van der Waals surface area contributed by atoms with E-state index in [1.807, 2.05) is 6.92 Å². The summed E-state index contributed by atoms with van der Waals surface area (Å²) in [6, 6.07) is 0. The molecule has 1 atom stereocenters. The van der Waals surface area contributed by atoms with Gasteiger partial charge in [-0.3, -0.25) is 0 Å².